The molecule has 3 rings (SSSR count). The minimum atomic E-state index is -0.471. The quantitative estimate of drug-likeness (QED) is 0.851. The van der Waals surface area contributed by atoms with Gasteiger partial charge in [-0.2, -0.15) is 0 Å². The van der Waals surface area contributed by atoms with E-state index < -0.39 is 6.04 Å². The molecule has 0 spiro atoms. The Labute approximate surface area is 116 Å². The average molecular weight is 274 g/mol. The molecule has 0 saturated carbocycles. The van der Waals surface area contributed by atoms with Crippen LogP contribution in [0.3, 0.4) is 0 Å². The Morgan fingerprint density at radius 1 is 1.40 bits per heavy atom. The molecule has 20 heavy (non-hydrogen) atoms. The van der Waals surface area contributed by atoms with Crippen LogP contribution in [-0.4, -0.2) is 22.8 Å². The first-order valence-corrected chi connectivity index (χ1v) is 6.65. The molecule has 2 aliphatic heterocycles. The normalized spacial score (nSPS) is 24.0. The number of fused-ring (bicyclic) bond motifs is 1. The first-order chi connectivity index (χ1) is 9.60. The van der Waals surface area contributed by atoms with Crippen molar-refractivity contribution in [3.05, 3.63) is 46.9 Å². The number of halogens is 1. The van der Waals surface area contributed by atoms with Crippen molar-refractivity contribution in [1.29, 1.82) is 0 Å². The highest BCUT2D eigenvalue weighted by molar-refractivity contribution is 6.01. The Morgan fingerprint density at radius 3 is 2.90 bits per heavy atom. The molecule has 0 bridgehead atoms. The fourth-order valence-corrected chi connectivity index (χ4v) is 2.80. The molecule has 0 aromatic heterocycles. The van der Waals surface area contributed by atoms with Gasteiger partial charge >= 0.3 is 0 Å². The number of carbonyl (C=O) groups is 2. The molecule has 1 aromatic rings. The Hall–Kier alpha value is -2.17. The van der Waals surface area contributed by atoms with Crippen LogP contribution in [0.25, 0.3) is 0 Å². The SMILES string of the molecule is CC=C1CCC(N2Cc3cc(F)ccc3C2=O)C(=O)N1. The number of nitrogens with zero attached hydrogens (tertiary/aromatic N) is 1. The summed E-state index contributed by atoms with van der Waals surface area (Å²) in [6.07, 6.45) is 3.21. The third-order valence-corrected chi connectivity index (χ3v) is 3.90. The Balaban J connectivity index is 1.84. The zero-order valence-electron chi connectivity index (χ0n) is 11.1. The highest BCUT2D eigenvalue weighted by Crippen LogP contribution is 2.28. The number of hydrogen-bond acceptors (Lipinski definition) is 2. The van der Waals surface area contributed by atoms with Gasteiger partial charge in [0, 0.05) is 17.8 Å². The lowest BCUT2D eigenvalue weighted by Gasteiger charge is -2.31. The van der Waals surface area contributed by atoms with Gasteiger partial charge in [-0.1, -0.05) is 6.08 Å². The van der Waals surface area contributed by atoms with E-state index in [0.29, 0.717) is 24.1 Å². The monoisotopic (exact) mass is 274 g/mol. The first-order valence-electron chi connectivity index (χ1n) is 6.65. The molecule has 104 valence electrons. The molecule has 0 radical (unpaired) electrons. The molecular formula is C15H15FN2O2. The molecule has 1 saturated heterocycles. The molecule has 5 heteroatoms. The fraction of sp³-hybridized carbons (Fsp3) is 0.333. The zero-order valence-corrected chi connectivity index (χ0v) is 11.1. The number of amides is 2. The van der Waals surface area contributed by atoms with E-state index in [1.165, 1.54) is 23.1 Å². The van der Waals surface area contributed by atoms with Gasteiger partial charge < -0.3 is 10.2 Å². The van der Waals surface area contributed by atoms with E-state index in [9.17, 15) is 14.0 Å². The topological polar surface area (TPSA) is 49.4 Å². The van der Waals surface area contributed by atoms with Crippen LogP contribution in [0.15, 0.2) is 30.0 Å². The molecule has 0 aliphatic carbocycles. The predicted octanol–water partition coefficient (Wildman–Crippen LogP) is 1.96. The van der Waals surface area contributed by atoms with E-state index >= 15 is 0 Å². The molecule has 1 fully saturated rings. The van der Waals surface area contributed by atoms with Gasteiger partial charge in [-0.25, -0.2) is 4.39 Å². The van der Waals surface area contributed by atoms with Crippen molar-refractivity contribution in [3.8, 4) is 0 Å². The standard InChI is InChI=1S/C15H15FN2O2/c1-2-11-4-6-13(14(19)17-11)18-8-9-7-10(16)3-5-12(9)15(18)20/h2-3,5,7,13H,4,6,8H2,1H3,(H,17,19). The largest absolute Gasteiger partial charge is 0.328 e. The molecule has 1 unspecified atom stereocenters. The molecule has 2 heterocycles. The van der Waals surface area contributed by atoms with Gasteiger partial charge in [0.05, 0.1) is 0 Å². The molecular weight excluding hydrogens is 259 g/mol. The van der Waals surface area contributed by atoms with Crippen molar-refractivity contribution >= 4 is 11.8 Å². The van der Waals surface area contributed by atoms with Crippen molar-refractivity contribution in [2.75, 3.05) is 0 Å². The van der Waals surface area contributed by atoms with Crippen LogP contribution < -0.4 is 5.32 Å². The predicted molar refractivity (Wildman–Crippen MR) is 71.2 cm³/mol. The minimum Gasteiger partial charge on any atom is -0.328 e. The van der Waals surface area contributed by atoms with Crippen molar-refractivity contribution < 1.29 is 14.0 Å². The third-order valence-electron chi connectivity index (χ3n) is 3.90. The summed E-state index contributed by atoms with van der Waals surface area (Å²) in [4.78, 5) is 25.9. The average Bonchev–Trinajstić information content (AvgIpc) is 2.75. The molecule has 2 aliphatic rings. The van der Waals surface area contributed by atoms with Crippen molar-refractivity contribution in [2.24, 2.45) is 0 Å². The minimum absolute atomic E-state index is 0.161. The lowest BCUT2D eigenvalue weighted by molar-refractivity contribution is -0.126. The zero-order chi connectivity index (χ0) is 14.3. The van der Waals surface area contributed by atoms with Crippen LogP contribution >= 0.6 is 0 Å². The summed E-state index contributed by atoms with van der Waals surface area (Å²) in [6.45, 7) is 2.17. The summed E-state index contributed by atoms with van der Waals surface area (Å²) in [7, 11) is 0. The van der Waals surface area contributed by atoms with Gasteiger partial charge in [0.25, 0.3) is 5.91 Å². The summed E-state index contributed by atoms with van der Waals surface area (Å²) < 4.78 is 13.2. The number of hydrogen-bond donors (Lipinski definition) is 1. The third kappa shape index (κ3) is 1.99. The summed E-state index contributed by atoms with van der Waals surface area (Å²) in [5, 5.41) is 2.81. The molecule has 2 amide bonds. The van der Waals surface area contributed by atoms with Gasteiger partial charge in [0.1, 0.15) is 11.9 Å². The number of carbonyl (C=O) groups excluding carboxylic acids is 2. The number of nitrogens with one attached hydrogen (secondary N) is 1. The highest BCUT2D eigenvalue weighted by atomic mass is 19.1. The van der Waals surface area contributed by atoms with Crippen molar-refractivity contribution in [3.63, 3.8) is 0 Å². The van der Waals surface area contributed by atoms with E-state index in [1.807, 2.05) is 13.0 Å². The Bertz CT molecular complexity index is 624. The highest BCUT2D eigenvalue weighted by Gasteiger charge is 2.38. The van der Waals surface area contributed by atoms with Crippen LogP contribution in [0.4, 0.5) is 4.39 Å². The van der Waals surface area contributed by atoms with Crippen LogP contribution in [0.5, 0.6) is 0 Å². The number of benzene rings is 1. The van der Waals surface area contributed by atoms with E-state index in [0.717, 1.165) is 12.1 Å². The van der Waals surface area contributed by atoms with Gasteiger partial charge in [-0.15, -0.1) is 0 Å². The number of rotatable bonds is 1. The van der Waals surface area contributed by atoms with Gasteiger partial charge in [0.15, 0.2) is 0 Å². The van der Waals surface area contributed by atoms with Crippen LogP contribution in [0.2, 0.25) is 0 Å². The maximum atomic E-state index is 13.2. The lowest BCUT2D eigenvalue weighted by atomic mass is 10.0. The van der Waals surface area contributed by atoms with Crippen LogP contribution in [0, 0.1) is 5.82 Å². The number of allylic oxidation sites excluding steroid dienone is 2. The van der Waals surface area contributed by atoms with Gasteiger partial charge in [-0.05, 0) is 43.5 Å². The molecule has 1 atom stereocenters. The second-order valence-corrected chi connectivity index (χ2v) is 5.09. The van der Waals surface area contributed by atoms with Gasteiger partial charge in [0.2, 0.25) is 5.91 Å². The lowest BCUT2D eigenvalue weighted by Crippen LogP contribution is -2.49. The molecule has 1 N–H and O–H groups in total. The Morgan fingerprint density at radius 2 is 2.20 bits per heavy atom. The van der Waals surface area contributed by atoms with Crippen LogP contribution in [0.1, 0.15) is 35.7 Å². The summed E-state index contributed by atoms with van der Waals surface area (Å²) in [5.41, 5.74) is 2.04. The smallest absolute Gasteiger partial charge is 0.255 e. The van der Waals surface area contributed by atoms with E-state index in [-0.39, 0.29) is 17.6 Å². The van der Waals surface area contributed by atoms with Crippen molar-refractivity contribution in [1.82, 2.24) is 10.2 Å². The van der Waals surface area contributed by atoms with E-state index in [4.69, 9.17) is 0 Å². The summed E-state index contributed by atoms with van der Waals surface area (Å²) in [6, 6.07) is 3.66. The van der Waals surface area contributed by atoms with E-state index in [2.05, 4.69) is 5.32 Å². The van der Waals surface area contributed by atoms with Gasteiger partial charge in [-0.3, -0.25) is 9.59 Å². The summed E-state index contributed by atoms with van der Waals surface area (Å²) >= 11 is 0. The second kappa shape index (κ2) is 4.74. The fourth-order valence-electron chi connectivity index (χ4n) is 2.80. The maximum absolute atomic E-state index is 13.2. The first kappa shape index (κ1) is 12.8. The summed E-state index contributed by atoms with van der Waals surface area (Å²) in [5.74, 6) is -0.710. The Kier molecular flexibility index (Phi) is 3.04. The van der Waals surface area contributed by atoms with Crippen LogP contribution in [-0.2, 0) is 11.3 Å². The molecule has 1 aromatic carbocycles. The molecule has 4 nitrogen and oxygen atoms in total. The van der Waals surface area contributed by atoms with Crippen molar-refractivity contribution in [2.45, 2.75) is 32.4 Å². The number of piperidine rings is 1. The van der Waals surface area contributed by atoms with E-state index in [1.54, 1.807) is 0 Å². The maximum Gasteiger partial charge on any atom is 0.255 e. The second-order valence-electron chi connectivity index (χ2n) is 5.09.